The molecule has 0 radical (unpaired) electrons. The second-order valence-electron chi connectivity index (χ2n) is 4.94. The van der Waals surface area contributed by atoms with Crippen LogP contribution in [-0.4, -0.2) is 49.0 Å². The molecule has 19 heavy (non-hydrogen) atoms. The number of amides is 1. The highest BCUT2D eigenvalue weighted by Crippen LogP contribution is 2.10. The minimum atomic E-state index is -0.130. The van der Waals surface area contributed by atoms with E-state index in [0.717, 1.165) is 18.7 Å². The van der Waals surface area contributed by atoms with Crippen LogP contribution < -0.4 is 10.6 Å². The van der Waals surface area contributed by atoms with Crippen LogP contribution >= 0.6 is 0 Å². The standard InChI is InChI=1S/C14H24N4O/c1-5-11(2)17-12-6-7-15-13(10-12)14(19)16-8-9-18(3)4/h6-7,10-11H,5,8-9H2,1-4H3,(H,15,17)(H,16,19). The molecule has 0 saturated heterocycles. The second kappa shape index (κ2) is 7.74. The first kappa shape index (κ1) is 15.4. The number of carbonyl (C=O) groups is 1. The van der Waals surface area contributed by atoms with Gasteiger partial charge in [0.05, 0.1) is 0 Å². The fourth-order valence-electron chi connectivity index (χ4n) is 1.51. The maximum Gasteiger partial charge on any atom is 0.269 e. The molecule has 0 saturated carbocycles. The maximum atomic E-state index is 11.9. The Morgan fingerprint density at radius 2 is 2.21 bits per heavy atom. The van der Waals surface area contributed by atoms with E-state index in [1.807, 2.05) is 25.1 Å². The van der Waals surface area contributed by atoms with Gasteiger partial charge in [-0.1, -0.05) is 6.92 Å². The number of rotatable bonds is 7. The van der Waals surface area contributed by atoms with Crippen molar-refractivity contribution in [1.29, 1.82) is 0 Å². The monoisotopic (exact) mass is 264 g/mol. The highest BCUT2D eigenvalue weighted by molar-refractivity contribution is 5.93. The topological polar surface area (TPSA) is 57.3 Å². The first-order chi connectivity index (χ1) is 9.02. The predicted molar refractivity (Wildman–Crippen MR) is 78.5 cm³/mol. The summed E-state index contributed by atoms with van der Waals surface area (Å²) in [6.07, 6.45) is 2.69. The minimum Gasteiger partial charge on any atom is -0.382 e. The molecule has 1 atom stereocenters. The predicted octanol–water partition coefficient (Wildman–Crippen LogP) is 1.58. The van der Waals surface area contributed by atoms with Crippen molar-refractivity contribution in [2.24, 2.45) is 0 Å². The van der Waals surface area contributed by atoms with E-state index in [-0.39, 0.29) is 5.91 Å². The average molecular weight is 264 g/mol. The van der Waals surface area contributed by atoms with E-state index < -0.39 is 0 Å². The zero-order valence-electron chi connectivity index (χ0n) is 12.2. The van der Waals surface area contributed by atoms with Crippen LogP contribution in [0, 0.1) is 0 Å². The average Bonchev–Trinajstić information content (AvgIpc) is 2.38. The molecule has 0 aliphatic heterocycles. The van der Waals surface area contributed by atoms with Gasteiger partial charge in [-0.2, -0.15) is 0 Å². The quantitative estimate of drug-likeness (QED) is 0.785. The van der Waals surface area contributed by atoms with Crippen LogP contribution in [0.4, 0.5) is 5.69 Å². The number of pyridine rings is 1. The number of aromatic nitrogens is 1. The molecule has 0 bridgehead atoms. The van der Waals surface area contributed by atoms with E-state index in [9.17, 15) is 4.79 Å². The number of likely N-dealkylation sites (N-methyl/N-ethyl adjacent to an activating group) is 1. The largest absolute Gasteiger partial charge is 0.382 e. The van der Waals surface area contributed by atoms with Gasteiger partial charge in [0.1, 0.15) is 5.69 Å². The summed E-state index contributed by atoms with van der Waals surface area (Å²) in [5, 5.41) is 6.19. The van der Waals surface area contributed by atoms with Crippen LogP contribution in [0.2, 0.25) is 0 Å². The highest BCUT2D eigenvalue weighted by Gasteiger charge is 2.08. The van der Waals surface area contributed by atoms with Crippen molar-refractivity contribution in [3.05, 3.63) is 24.0 Å². The first-order valence-electron chi connectivity index (χ1n) is 6.68. The van der Waals surface area contributed by atoms with Gasteiger partial charge < -0.3 is 15.5 Å². The van der Waals surface area contributed by atoms with Gasteiger partial charge in [-0.05, 0) is 39.6 Å². The first-order valence-corrected chi connectivity index (χ1v) is 6.68. The fraction of sp³-hybridized carbons (Fsp3) is 0.571. The number of nitrogens with one attached hydrogen (secondary N) is 2. The van der Waals surface area contributed by atoms with Crippen LogP contribution in [-0.2, 0) is 0 Å². The Morgan fingerprint density at radius 3 is 2.84 bits per heavy atom. The highest BCUT2D eigenvalue weighted by atomic mass is 16.1. The van der Waals surface area contributed by atoms with Crippen molar-refractivity contribution in [2.45, 2.75) is 26.3 Å². The molecular formula is C14H24N4O. The van der Waals surface area contributed by atoms with Crippen molar-refractivity contribution in [3.8, 4) is 0 Å². The van der Waals surface area contributed by atoms with Crippen LogP contribution in [0.5, 0.6) is 0 Å². The molecule has 1 unspecified atom stereocenters. The lowest BCUT2D eigenvalue weighted by atomic mass is 10.2. The van der Waals surface area contributed by atoms with Gasteiger partial charge in [-0.3, -0.25) is 9.78 Å². The van der Waals surface area contributed by atoms with Gasteiger partial charge in [0.25, 0.3) is 5.91 Å². The second-order valence-corrected chi connectivity index (χ2v) is 4.94. The van der Waals surface area contributed by atoms with Gasteiger partial charge in [-0.15, -0.1) is 0 Å². The number of carbonyl (C=O) groups excluding carboxylic acids is 1. The Kier molecular flexibility index (Phi) is 6.29. The van der Waals surface area contributed by atoms with Gasteiger partial charge in [-0.25, -0.2) is 0 Å². The third kappa shape index (κ3) is 5.70. The van der Waals surface area contributed by atoms with Gasteiger partial charge in [0, 0.05) is 31.0 Å². The lowest BCUT2D eigenvalue weighted by molar-refractivity contribution is 0.0946. The Labute approximate surface area is 115 Å². The Hall–Kier alpha value is -1.62. The van der Waals surface area contributed by atoms with E-state index in [2.05, 4.69) is 29.5 Å². The van der Waals surface area contributed by atoms with Gasteiger partial charge in [0.15, 0.2) is 0 Å². The van der Waals surface area contributed by atoms with E-state index in [1.54, 1.807) is 12.3 Å². The summed E-state index contributed by atoms with van der Waals surface area (Å²) >= 11 is 0. The number of anilines is 1. The Morgan fingerprint density at radius 1 is 1.47 bits per heavy atom. The number of hydrogen-bond donors (Lipinski definition) is 2. The maximum absolute atomic E-state index is 11.9. The van der Waals surface area contributed by atoms with E-state index in [1.165, 1.54) is 0 Å². The summed E-state index contributed by atoms with van der Waals surface area (Å²) in [4.78, 5) is 18.0. The molecule has 1 heterocycles. The summed E-state index contributed by atoms with van der Waals surface area (Å²) in [5.41, 5.74) is 1.38. The van der Waals surface area contributed by atoms with Gasteiger partial charge >= 0.3 is 0 Å². The molecule has 5 nitrogen and oxygen atoms in total. The molecule has 0 aromatic carbocycles. The molecule has 5 heteroatoms. The SMILES string of the molecule is CCC(C)Nc1ccnc(C(=O)NCCN(C)C)c1. The third-order valence-corrected chi connectivity index (χ3v) is 2.86. The molecule has 1 rings (SSSR count). The normalized spacial score (nSPS) is 12.3. The van der Waals surface area contributed by atoms with Crippen LogP contribution in [0.3, 0.4) is 0 Å². The van der Waals surface area contributed by atoms with Crippen LogP contribution in [0.25, 0.3) is 0 Å². The molecular weight excluding hydrogens is 240 g/mol. The summed E-state index contributed by atoms with van der Waals surface area (Å²) in [5.74, 6) is -0.130. The van der Waals surface area contributed by atoms with Crippen LogP contribution in [0.1, 0.15) is 30.8 Å². The van der Waals surface area contributed by atoms with Crippen molar-refractivity contribution < 1.29 is 4.79 Å². The minimum absolute atomic E-state index is 0.130. The smallest absolute Gasteiger partial charge is 0.269 e. The Bertz CT molecular complexity index is 406. The van der Waals surface area contributed by atoms with Crippen molar-refractivity contribution in [2.75, 3.05) is 32.5 Å². The summed E-state index contributed by atoms with van der Waals surface area (Å²) in [6.45, 7) is 5.66. The molecule has 0 spiro atoms. The van der Waals surface area contributed by atoms with Gasteiger partial charge in [0.2, 0.25) is 0 Å². The van der Waals surface area contributed by atoms with Crippen molar-refractivity contribution in [3.63, 3.8) is 0 Å². The molecule has 2 N–H and O–H groups in total. The Balaban J connectivity index is 2.57. The van der Waals surface area contributed by atoms with E-state index in [4.69, 9.17) is 0 Å². The zero-order chi connectivity index (χ0) is 14.3. The van der Waals surface area contributed by atoms with Crippen molar-refractivity contribution in [1.82, 2.24) is 15.2 Å². The zero-order valence-corrected chi connectivity index (χ0v) is 12.2. The summed E-state index contributed by atoms with van der Waals surface area (Å²) < 4.78 is 0. The molecule has 1 amide bonds. The molecule has 106 valence electrons. The van der Waals surface area contributed by atoms with Crippen molar-refractivity contribution >= 4 is 11.6 Å². The van der Waals surface area contributed by atoms with E-state index >= 15 is 0 Å². The third-order valence-electron chi connectivity index (χ3n) is 2.86. The lowest BCUT2D eigenvalue weighted by Gasteiger charge is -2.14. The van der Waals surface area contributed by atoms with Crippen LogP contribution in [0.15, 0.2) is 18.3 Å². The fourth-order valence-corrected chi connectivity index (χ4v) is 1.51. The molecule has 0 fully saturated rings. The molecule has 0 aliphatic carbocycles. The lowest BCUT2D eigenvalue weighted by Crippen LogP contribution is -2.31. The number of hydrogen-bond acceptors (Lipinski definition) is 4. The summed E-state index contributed by atoms with van der Waals surface area (Å²) in [6, 6.07) is 4.05. The summed E-state index contributed by atoms with van der Waals surface area (Å²) in [7, 11) is 3.95. The molecule has 1 aromatic rings. The number of nitrogens with zero attached hydrogens (tertiary/aromatic N) is 2. The van der Waals surface area contributed by atoms with E-state index in [0.29, 0.717) is 18.3 Å². The molecule has 1 aromatic heterocycles. The molecule has 0 aliphatic rings.